The number of carbonyl (C=O) groups excluding carboxylic acids is 1. The van der Waals surface area contributed by atoms with Gasteiger partial charge in [0.05, 0.1) is 0 Å². The van der Waals surface area contributed by atoms with Gasteiger partial charge in [0.1, 0.15) is 18.4 Å². The van der Waals surface area contributed by atoms with Gasteiger partial charge >= 0.3 is 5.97 Å². The molecule has 0 radical (unpaired) electrons. The Morgan fingerprint density at radius 3 is 2.52 bits per heavy atom. The summed E-state index contributed by atoms with van der Waals surface area (Å²) in [5, 5.41) is 17.3. The third-order valence-corrected chi connectivity index (χ3v) is 4.81. The summed E-state index contributed by atoms with van der Waals surface area (Å²) < 4.78 is 0. The highest BCUT2D eigenvalue weighted by atomic mass is 16.6. The summed E-state index contributed by atoms with van der Waals surface area (Å²) >= 11 is 0. The smallest absolute Gasteiger partial charge is 0.326 e. The second-order valence-electron chi connectivity index (χ2n) is 7.82. The van der Waals surface area contributed by atoms with E-state index >= 15 is 0 Å². The van der Waals surface area contributed by atoms with Gasteiger partial charge in [-0.2, -0.15) is 0 Å². The van der Waals surface area contributed by atoms with Crippen LogP contribution in [0.15, 0.2) is 65.9 Å². The molecule has 0 spiro atoms. The van der Waals surface area contributed by atoms with Gasteiger partial charge in [-0.25, -0.2) is 4.79 Å². The number of hydrogen-bond donors (Lipinski definition) is 3. The Labute approximate surface area is 181 Å². The van der Waals surface area contributed by atoms with Crippen molar-refractivity contribution in [3.05, 3.63) is 71.9 Å². The van der Waals surface area contributed by atoms with E-state index in [4.69, 9.17) is 4.84 Å². The monoisotopic (exact) mass is 421 g/mol. The lowest BCUT2D eigenvalue weighted by atomic mass is 10.0. The summed E-state index contributed by atoms with van der Waals surface area (Å²) in [5.74, 6) is -1.48. The molecule has 0 aliphatic heterocycles. The molecule has 0 bridgehead atoms. The number of carboxylic acid groups (broad SMARTS) is 1. The first-order valence-electron chi connectivity index (χ1n) is 10.3. The predicted molar refractivity (Wildman–Crippen MR) is 120 cm³/mol. The second kappa shape index (κ2) is 10.4. The highest BCUT2D eigenvalue weighted by molar-refractivity contribution is 6.39. The molecule has 31 heavy (non-hydrogen) atoms. The van der Waals surface area contributed by atoms with E-state index in [1.54, 1.807) is 6.20 Å². The first kappa shape index (κ1) is 22.1. The van der Waals surface area contributed by atoms with Crippen LogP contribution in [0.5, 0.6) is 0 Å². The quantitative estimate of drug-likeness (QED) is 0.341. The van der Waals surface area contributed by atoms with E-state index in [9.17, 15) is 14.7 Å². The van der Waals surface area contributed by atoms with Crippen LogP contribution in [0.1, 0.15) is 31.4 Å². The molecule has 0 saturated heterocycles. The van der Waals surface area contributed by atoms with Crippen LogP contribution in [-0.4, -0.2) is 33.7 Å². The number of oxime groups is 1. The second-order valence-corrected chi connectivity index (χ2v) is 7.82. The van der Waals surface area contributed by atoms with Crippen molar-refractivity contribution in [3.63, 3.8) is 0 Å². The maximum Gasteiger partial charge on any atom is 0.326 e. The predicted octanol–water partition coefficient (Wildman–Crippen LogP) is 3.90. The molecule has 2 aromatic carbocycles. The van der Waals surface area contributed by atoms with Crippen LogP contribution >= 0.6 is 0 Å². The molecule has 3 N–H and O–H groups in total. The molecule has 3 aromatic rings. The van der Waals surface area contributed by atoms with Crippen molar-refractivity contribution >= 4 is 28.5 Å². The highest BCUT2D eigenvalue weighted by Gasteiger charge is 2.25. The maximum atomic E-state index is 12.8. The number of hydrogen-bond acceptors (Lipinski definition) is 4. The first-order valence-corrected chi connectivity index (χ1v) is 10.3. The zero-order valence-electron chi connectivity index (χ0n) is 17.7. The molecular formula is C24H27N3O4. The van der Waals surface area contributed by atoms with Crippen molar-refractivity contribution in [1.82, 2.24) is 10.3 Å². The first-order chi connectivity index (χ1) is 14.9. The lowest BCUT2D eigenvalue weighted by Gasteiger charge is -2.16. The van der Waals surface area contributed by atoms with Crippen molar-refractivity contribution in [2.75, 3.05) is 0 Å². The molecule has 7 nitrogen and oxygen atoms in total. The van der Waals surface area contributed by atoms with Crippen molar-refractivity contribution in [1.29, 1.82) is 0 Å². The minimum atomic E-state index is -1.10. The van der Waals surface area contributed by atoms with Gasteiger partial charge < -0.3 is 20.2 Å². The molecule has 1 aromatic heterocycles. The molecule has 1 atom stereocenters. The number of carboxylic acids is 1. The zero-order chi connectivity index (χ0) is 22.2. The Balaban J connectivity index is 1.71. The fourth-order valence-electron chi connectivity index (χ4n) is 3.28. The van der Waals surface area contributed by atoms with Crippen LogP contribution < -0.4 is 5.32 Å². The van der Waals surface area contributed by atoms with E-state index in [2.05, 4.69) is 15.5 Å². The highest BCUT2D eigenvalue weighted by Crippen LogP contribution is 2.19. The van der Waals surface area contributed by atoms with Crippen LogP contribution in [-0.2, 0) is 27.5 Å². The van der Waals surface area contributed by atoms with E-state index in [0.717, 1.165) is 22.0 Å². The normalized spacial score (nSPS) is 12.7. The number of aromatic amines is 1. The number of H-pyrrole nitrogens is 1. The summed E-state index contributed by atoms with van der Waals surface area (Å²) in [7, 11) is 0. The fraction of sp³-hybridized carbons (Fsp3) is 0.292. The Morgan fingerprint density at radius 1 is 1.10 bits per heavy atom. The lowest BCUT2D eigenvalue weighted by Crippen LogP contribution is -2.45. The van der Waals surface area contributed by atoms with Gasteiger partial charge in [-0.15, -0.1) is 0 Å². The molecule has 0 saturated carbocycles. The van der Waals surface area contributed by atoms with Crippen LogP contribution in [0.4, 0.5) is 0 Å². The molecule has 162 valence electrons. The van der Waals surface area contributed by atoms with E-state index < -0.39 is 17.9 Å². The maximum absolute atomic E-state index is 12.8. The number of nitrogens with zero attached hydrogens (tertiary/aromatic N) is 1. The molecule has 1 amide bonds. The van der Waals surface area contributed by atoms with Gasteiger partial charge in [0.2, 0.25) is 0 Å². The fourth-order valence-corrected chi connectivity index (χ4v) is 3.28. The third-order valence-electron chi connectivity index (χ3n) is 4.81. The van der Waals surface area contributed by atoms with Crippen molar-refractivity contribution in [2.24, 2.45) is 11.1 Å². The van der Waals surface area contributed by atoms with Gasteiger partial charge in [0.25, 0.3) is 5.91 Å². The molecule has 0 aliphatic rings. The third kappa shape index (κ3) is 6.18. The minimum Gasteiger partial charge on any atom is -0.480 e. The Morgan fingerprint density at radius 2 is 1.81 bits per heavy atom. The summed E-state index contributed by atoms with van der Waals surface area (Å²) in [4.78, 5) is 33.2. The van der Waals surface area contributed by atoms with E-state index in [0.29, 0.717) is 6.42 Å². The number of rotatable bonds is 10. The van der Waals surface area contributed by atoms with Gasteiger partial charge in [0.15, 0.2) is 0 Å². The minimum absolute atomic E-state index is 0.154. The van der Waals surface area contributed by atoms with Crippen LogP contribution in [0.3, 0.4) is 0 Å². The van der Waals surface area contributed by atoms with E-state index in [1.807, 2.05) is 68.4 Å². The van der Waals surface area contributed by atoms with Crippen molar-refractivity contribution in [2.45, 2.75) is 39.3 Å². The molecule has 0 fully saturated rings. The molecule has 0 unspecified atom stereocenters. The summed E-state index contributed by atoms with van der Waals surface area (Å²) in [6.07, 6.45) is 2.31. The zero-order valence-corrected chi connectivity index (χ0v) is 17.7. The summed E-state index contributed by atoms with van der Waals surface area (Å²) in [5.41, 5.74) is 2.85. The van der Waals surface area contributed by atoms with Gasteiger partial charge in [-0.3, -0.25) is 4.79 Å². The number of amides is 1. The molecule has 1 heterocycles. The number of nitrogens with one attached hydrogen (secondary N) is 2. The average Bonchev–Trinajstić information content (AvgIpc) is 3.16. The van der Waals surface area contributed by atoms with Crippen LogP contribution in [0.25, 0.3) is 10.9 Å². The number of aliphatic carboxylic acids is 1. The van der Waals surface area contributed by atoms with Crippen LogP contribution in [0.2, 0.25) is 0 Å². The molecular weight excluding hydrogens is 394 g/mol. The summed E-state index contributed by atoms with van der Waals surface area (Å²) in [6, 6.07) is 16.1. The largest absolute Gasteiger partial charge is 0.480 e. The van der Waals surface area contributed by atoms with Gasteiger partial charge in [-0.05, 0) is 23.1 Å². The Hall–Kier alpha value is -3.61. The Kier molecular flexibility index (Phi) is 7.43. The SMILES string of the molecule is CC(C)CC(=NOCc1ccccc1)C(=O)N[C@@H](Cc1c[nH]c2ccccc12)C(=O)O. The van der Waals surface area contributed by atoms with E-state index in [-0.39, 0.29) is 24.7 Å². The van der Waals surface area contributed by atoms with Gasteiger partial charge in [0, 0.05) is 29.9 Å². The molecule has 0 aliphatic carbocycles. The standard InChI is InChI=1S/C24H27N3O4/c1-16(2)12-21(27-31-15-17-8-4-3-5-9-17)23(28)26-22(24(29)30)13-18-14-25-20-11-7-6-10-19(18)20/h3-11,14,16,22,25H,12-13,15H2,1-2H3,(H,26,28)(H,29,30)/t22-/m0/s1. The number of para-hydroxylation sites is 1. The number of fused-ring (bicyclic) bond motifs is 1. The lowest BCUT2D eigenvalue weighted by molar-refractivity contribution is -0.141. The average molecular weight is 421 g/mol. The van der Waals surface area contributed by atoms with Gasteiger partial charge in [-0.1, -0.05) is 67.5 Å². The molecule has 7 heteroatoms. The van der Waals surface area contributed by atoms with Crippen molar-refractivity contribution < 1.29 is 19.5 Å². The van der Waals surface area contributed by atoms with E-state index in [1.165, 1.54) is 0 Å². The van der Waals surface area contributed by atoms with Crippen molar-refractivity contribution in [3.8, 4) is 0 Å². The molecule has 3 rings (SSSR count). The topological polar surface area (TPSA) is 104 Å². The van der Waals surface area contributed by atoms with Crippen LogP contribution in [0, 0.1) is 5.92 Å². The Bertz CT molecular complexity index is 1060. The number of aromatic nitrogens is 1. The number of benzene rings is 2. The number of carbonyl (C=O) groups is 2. The summed E-state index contributed by atoms with van der Waals surface area (Å²) in [6.45, 7) is 4.15.